The van der Waals surface area contributed by atoms with Crippen LogP contribution in [0.1, 0.15) is 70.6 Å². The molecule has 0 aliphatic heterocycles. The fourth-order valence-corrected chi connectivity index (χ4v) is 2.97. The molecule has 0 spiro atoms. The van der Waals surface area contributed by atoms with Gasteiger partial charge in [-0.1, -0.05) is 57.8 Å². The fraction of sp³-hybridized carbons (Fsp3) is 0.933. The van der Waals surface area contributed by atoms with Gasteiger partial charge < -0.3 is 10.6 Å². The first-order valence-corrected chi connectivity index (χ1v) is 8.19. The lowest BCUT2D eigenvalue weighted by molar-refractivity contribution is 0.361. The predicted octanol–water partition coefficient (Wildman–Crippen LogP) is 4.00. The van der Waals surface area contributed by atoms with Crippen LogP contribution in [0.3, 0.4) is 0 Å². The van der Waals surface area contributed by atoms with Gasteiger partial charge in [-0.2, -0.15) is 0 Å². The Balaban J connectivity index is 2.10. The molecule has 0 aromatic rings. The molecule has 0 amide bonds. The number of thiocarbonyl (C=S) groups is 1. The molecule has 0 unspecified atom stereocenters. The first-order valence-electron chi connectivity index (χ1n) is 7.78. The SMILES string of the molecule is CNC(=S)NCCCC1CCCCCCCCC1. The van der Waals surface area contributed by atoms with E-state index in [1.807, 2.05) is 7.05 Å². The lowest BCUT2D eigenvalue weighted by Gasteiger charge is -2.18. The van der Waals surface area contributed by atoms with Gasteiger partial charge in [0.25, 0.3) is 0 Å². The third-order valence-electron chi connectivity index (χ3n) is 4.03. The smallest absolute Gasteiger partial charge is 0.166 e. The summed E-state index contributed by atoms with van der Waals surface area (Å²) < 4.78 is 0. The highest BCUT2D eigenvalue weighted by Gasteiger charge is 2.09. The van der Waals surface area contributed by atoms with Crippen molar-refractivity contribution in [3.05, 3.63) is 0 Å². The van der Waals surface area contributed by atoms with Crippen LogP contribution >= 0.6 is 12.2 Å². The van der Waals surface area contributed by atoms with E-state index in [0.29, 0.717) is 0 Å². The molecular weight excluding hydrogens is 240 g/mol. The van der Waals surface area contributed by atoms with Crippen molar-refractivity contribution in [2.75, 3.05) is 13.6 Å². The van der Waals surface area contributed by atoms with Gasteiger partial charge in [0.05, 0.1) is 0 Å². The second-order valence-electron chi connectivity index (χ2n) is 5.57. The quantitative estimate of drug-likeness (QED) is 0.596. The molecule has 1 fully saturated rings. The summed E-state index contributed by atoms with van der Waals surface area (Å²) in [5, 5.41) is 6.98. The van der Waals surface area contributed by atoms with E-state index >= 15 is 0 Å². The minimum atomic E-state index is 0.779. The first kappa shape index (κ1) is 15.7. The van der Waals surface area contributed by atoms with E-state index in [4.69, 9.17) is 12.2 Å². The third-order valence-corrected chi connectivity index (χ3v) is 4.37. The largest absolute Gasteiger partial charge is 0.366 e. The lowest BCUT2D eigenvalue weighted by atomic mass is 9.89. The molecule has 0 radical (unpaired) electrons. The minimum Gasteiger partial charge on any atom is -0.366 e. The molecule has 0 atom stereocenters. The molecule has 2 N–H and O–H groups in total. The van der Waals surface area contributed by atoms with Crippen molar-refractivity contribution in [3.8, 4) is 0 Å². The van der Waals surface area contributed by atoms with Gasteiger partial charge in [-0.05, 0) is 31.0 Å². The highest BCUT2D eigenvalue weighted by Crippen LogP contribution is 2.24. The normalized spacial score (nSPS) is 19.2. The zero-order valence-corrected chi connectivity index (χ0v) is 12.8. The summed E-state index contributed by atoms with van der Waals surface area (Å²) >= 11 is 5.08. The van der Waals surface area contributed by atoms with Gasteiger partial charge in [0.1, 0.15) is 0 Å². The highest BCUT2D eigenvalue weighted by molar-refractivity contribution is 7.80. The zero-order valence-electron chi connectivity index (χ0n) is 12.0. The van der Waals surface area contributed by atoms with Gasteiger partial charge in [-0.3, -0.25) is 0 Å². The Hall–Kier alpha value is -0.310. The summed E-state index contributed by atoms with van der Waals surface area (Å²) in [4.78, 5) is 0. The number of rotatable bonds is 4. The van der Waals surface area contributed by atoms with Crippen LogP contribution in [0.2, 0.25) is 0 Å². The van der Waals surface area contributed by atoms with E-state index in [2.05, 4.69) is 10.6 Å². The van der Waals surface area contributed by atoms with Crippen LogP contribution in [0.5, 0.6) is 0 Å². The van der Waals surface area contributed by atoms with Crippen LogP contribution in [0.25, 0.3) is 0 Å². The van der Waals surface area contributed by atoms with E-state index in [9.17, 15) is 0 Å². The Morgan fingerprint density at radius 3 is 2.11 bits per heavy atom. The van der Waals surface area contributed by atoms with E-state index in [1.165, 1.54) is 70.6 Å². The molecule has 18 heavy (non-hydrogen) atoms. The average Bonchev–Trinajstić information content (AvgIpc) is 2.41. The van der Waals surface area contributed by atoms with E-state index in [-0.39, 0.29) is 0 Å². The number of hydrogen-bond acceptors (Lipinski definition) is 1. The van der Waals surface area contributed by atoms with Gasteiger partial charge >= 0.3 is 0 Å². The van der Waals surface area contributed by atoms with Crippen molar-refractivity contribution in [2.45, 2.75) is 70.6 Å². The summed E-state index contributed by atoms with van der Waals surface area (Å²) in [5.74, 6) is 0.966. The summed E-state index contributed by atoms with van der Waals surface area (Å²) in [6.07, 6.45) is 15.8. The number of nitrogens with one attached hydrogen (secondary N) is 2. The molecule has 0 aromatic carbocycles. The predicted molar refractivity (Wildman–Crippen MR) is 83.9 cm³/mol. The summed E-state index contributed by atoms with van der Waals surface area (Å²) in [7, 11) is 1.87. The highest BCUT2D eigenvalue weighted by atomic mass is 32.1. The molecule has 1 aliphatic rings. The molecule has 106 valence electrons. The Morgan fingerprint density at radius 1 is 1.00 bits per heavy atom. The summed E-state index contributed by atoms with van der Waals surface area (Å²) in [6, 6.07) is 0. The first-order chi connectivity index (χ1) is 8.83. The van der Waals surface area contributed by atoms with Crippen molar-refractivity contribution in [3.63, 3.8) is 0 Å². The zero-order chi connectivity index (χ0) is 13.1. The molecule has 1 rings (SSSR count). The van der Waals surface area contributed by atoms with Gasteiger partial charge in [0.15, 0.2) is 5.11 Å². The van der Waals surface area contributed by atoms with Crippen LogP contribution < -0.4 is 10.6 Å². The average molecular weight is 270 g/mol. The maximum Gasteiger partial charge on any atom is 0.166 e. The molecule has 1 saturated carbocycles. The van der Waals surface area contributed by atoms with Gasteiger partial charge in [-0.15, -0.1) is 0 Å². The number of hydrogen-bond donors (Lipinski definition) is 2. The Morgan fingerprint density at radius 2 is 1.56 bits per heavy atom. The van der Waals surface area contributed by atoms with Crippen molar-refractivity contribution >= 4 is 17.3 Å². The molecule has 0 bridgehead atoms. The third kappa shape index (κ3) is 7.91. The van der Waals surface area contributed by atoms with Crippen molar-refractivity contribution in [2.24, 2.45) is 5.92 Å². The summed E-state index contributed by atoms with van der Waals surface area (Å²) in [6.45, 7) is 1.02. The molecule has 0 heterocycles. The Labute approximate surface area is 118 Å². The second-order valence-corrected chi connectivity index (χ2v) is 5.97. The summed E-state index contributed by atoms with van der Waals surface area (Å²) in [5.41, 5.74) is 0. The molecule has 0 aromatic heterocycles. The van der Waals surface area contributed by atoms with Crippen LogP contribution in [-0.2, 0) is 0 Å². The second kappa shape index (κ2) is 10.6. The fourth-order valence-electron chi connectivity index (χ4n) is 2.86. The molecular formula is C15H30N2S. The molecule has 2 nitrogen and oxygen atoms in total. The van der Waals surface area contributed by atoms with Crippen molar-refractivity contribution in [1.82, 2.24) is 10.6 Å². The molecule has 0 saturated heterocycles. The topological polar surface area (TPSA) is 24.1 Å². The standard InChI is InChI=1S/C15H30N2S/c1-16-15(18)17-13-9-12-14-10-7-5-3-2-4-6-8-11-14/h14H,2-13H2,1H3,(H2,16,17,18). The lowest BCUT2D eigenvalue weighted by Crippen LogP contribution is -2.33. The van der Waals surface area contributed by atoms with Crippen LogP contribution in [0, 0.1) is 5.92 Å². The Kier molecular flexibility index (Phi) is 9.27. The van der Waals surface area contributed by atoms with E-state index < -0.39 is 0 Å². The van der Waals surface area contributed by atoms with Crippen LogP contribution in [-0.4, -0.2) is 18.7 Å². The van der Waals surface area contributed by atoms with Gasteiger partial charge in [0, 0.05) is 13.6 Å². The van der Waals surface area contributed by atoms with Crippen molar-refractivity contribution < 1.29 is 0 Å². The monoisotopic (exact) mass is 270 g/mol. The maximum absolute atomic E-state index is 5.08. The Bertz CT molecular complexity index is 209. The van der Waals surface area contributed by atoms with Crippen LogP contribution in [0.4, 0.5) is 0 Å². The van der Waals surface area contributed by atoms with Gasteiger partial charge in [-0.25, -0.2) is 0 Å². The molecule has 3 heteroatoms. The van der Waals surface area contributed by atoms with Crippen LogP contribution in [0.15, 0.2) is 0 Å². The minimum absolute atomic E-state index is 0.779. The maximum atomic E-state index is 5.08. The van der Waals surface area contributed by atoms with E-state index in [0.717, 1.165) is 17.6 Å². The van der Waals surface area contributed by atoms with Crippen molar-refractivity contribution in [1.29, 1.82) is 0 Å². The van der Waals surface area contributed by atoms with Gasteiger partial charge in [0.2, 0.25) is 0 Å². The van der Waals surface area contributed by atoms with E-state index in [1.54, 1.807) is 0 Å². The molecule has 1 aliphatic carbocycles.